The van der Waals surface area contributed by atoms with Crippen molar-refractivity contribution in [3.63, 3.8) is 0 Å². The van der Waals surface area contributed by atoms with Crippen molar-refractivity contribution in [3.05, 3.63) is 35.4 Å². The highest BCUT2D eigenvalue weighted by Gasteiger charge is 2.34. The van der Waals surface area contributed by atoms with Gasteiger partial charge in [0, 0.05) is 12.8 Å². The second-order valence-electron chi connectivity index (χ2n) is 4.10. The monoisotopic (exact) mass is 246 g/mol. The molecule has 1 aromatic carbocycles. The minimum absolute atomic E-state index is 0.216. The Bertz CT molecular complexity index is 462. The van der Waals surface area contributed by atoms with Gasteiger partial charge in [-0.3, -0.25) is 14.5 Å². The van der Waals surface area contributed by atoms with Crippen LogP contribution in [0.2, 0.25) is 0 Å². The van der Waals surface area contributed by atoms with Crippen molar-refractivity contribution in [1.29, 1.82) is 0 Å². The maximum absolute atomic E-state index is 12.0. The van der Waals surface area contributed by atoms with Crippen LogP contribution in [0.1, 0.15) is 40.0 Å². The molecule has 2 rings (SSSR count). The molecule has 5 heteroatoms. The SMILES string of the molecule is O=C1c2ccccc2C(=O)N1CCCCC=NO. The molecular weight excluding hydrogens is 232 g/mol. The van der Waals surface area contributed by atoms with Crippen LogP contribution in [-0.2, 0) is 0 Å². The van der Waals surface area contributed by atoms with E-state index in [9.17, 15) is 9.59 Å². The Kier molecular flexibility index (Phi) is 3.72. The zero-order valence-corrected chi connectivity index (χ0v) is 9.87. The van der Waals surface area contributed by atoms with Gasteiger partial charge in [-0.05, 0) is 31.4 Å². The Morgan fingerprint density at radius 1 is 1.11 bits per heavy atom. The zero-order chi connectivity index (χ0) is 13.0. The van der Waals surface area contributed by atoms with Crippen LogP contribution in [0.25, 0.3) is 0 Å². The van der Waals surface area contributed by atoms with Crippen molar-refractivity contribution in [2.45, 2.75) is 19.3 Å². The van der Waals surface area contributed by atoms with E-state index in [1.54, 1.807) is 24.3 Å². The van der Waals surface area contributed by atoms with Crippen molar-refractivity contribution >= 4 is 18.0 Å². The number of oxime groups is 1. The Morgan fingerprint density at radius 3 is 2.28 bits per heavy atom. The number of hydrogen-bond donors (Lipinski definition) is 1. The molecule has 2 amide bonds. The molecule has 0 fully saturated rings. The first-order valence-electron chi connectivity index (χ1n) is 5.87. The summed E-state index contributed by atoms with van der Waals surface area (Å²) in [5, 5.41) is 11.1. The van der Waals surface area contributed by atoms with Crippen molar-refractivity contribution in [3.8, 4) is 0 Å². The van der Waals surface area contributed by atoms with Crippen LogP contribution >= 0.6 is 0 Å². The van der Waals surface area contributed by atoms with E-state index in [4.69, 9.17) is 5.21 Å². The Hall–Kier alpha value is -2.17. The average molecular weight is 246 g/mol. The lowest BCUT2D eigenvalue weighted by atomic mass is 10.1. The lowest BCUT2D eigenvalue weighted by molar-refractivity contribution is 0.0652. The molecule has 0 atom stereocenters. The zero-order valence-electron chi connectivity index (χ0n) is 9.87. The first-order valence-corrected chi connectivity index (χ1v) is 5.87. The summed E-state index contributed by atoms with van der Waals surface area (Å²) in [5.74, 6) is -0.433. The largest absolute Gasteiger partial charge is 0.411 e. The van der Waals surface area contributed by atoms with Gasteiger partial charge in [0.25, 0.3) is 11.8 Å². The van der Waals surface area contributed by atoms with E-state index in [0.717, 1.165) is 6.42 Å². The van der Waals surface area contributed by atoms with Crippen LogP contribution in [0, 0.1) is 0 Å². The van der Waals surface area contributed by atoms with Crippen LogP contribution in [0.5, 0.6) is 0 Å². The molecule has 1 aliphatic rings. The minimum atomic E-state index is -0.216. The highest BCUT2D eigenvalue weighted by molar-refractivity contribution is 6.21. The number of fused-ring (bicyclic) bond motifs is 1. The predicted molar refractivity (Wildman–Crippen MR) is 65.9 cm³/mol. The summed E-state index contributed by atoms with van der Waals surface area (Å²) in [4.78, 5) is 25.2. The van der Waals surface area contributed by atoms with Gasteiger partial charge >= 0.3 is 0 Å². The van der Waals surface area contributed by atoms with Crippen molar-refractivity contribution < 1.29 is 14.8 Å². The summed E-state index contributed by atoms with van der Waals surface area (Å²) < 4.78 is 0. The van der Waals surface area contributed by atoms with Gasteiger partial charge in [0.15, 0.2) is 0 Å². The molecule has 18 heavy (non-hydrogen) atoms. The van der Waals surface area contributed by atoms with Crippen LogP contribution in [0.15, 0.2) is 29.4 Å². The first-order chi connectivity index (χ1) is 8.75. The van der Waals surface area contributed by atoms with Gasteiger partial charge < -0.3 is 5.21 Å². The fourth-order valence-corrected chi connectivity index (χ4v) is 2.01. The normalized spacial score (nSPS) is 14.6. The van der Waals surface area contributed by atoms with Gasteiger partial charge in [-0.2, -0.15) is 0 Å². The molecule has 0 radical (unpaired) electrons. The summed E-state index contributed by atoms with van der Waals surface area (Å²) in [7, 11) is 0. The molecule has 0 saturated heterocycles. The summed E-state index contributed by atoms with van der Waals surface area (Å²) in [6.45, 7) is 0.408. The molecule has 0 saturated carbocycles. The number of imide groups is 1. The van der Waals surface area contributed by atoms with E-state index in [-0.39, 0.29) is 11.8 Å². The standard InChI is InChI=1S/C13H14N2O3/c16-12-10-6-2-3-7-11(10)13(17)15(12)9-5-1-4-8-14-18/h2-3,6-8,18H,1,4-5,9H2. The number of benzene rings is 1. The van der Waals surface area contributed by atoms with Crippen LogP contribution < -0.4 is 0 Å². The molecule has 0 aliphatic carbocycles. The molecule has 94 valence electrons. The third-order valence-corrected chi connectivity index (χ3v) is 2.92. The molecule has 1 aliphatic heterocycles. The number of nitrogens with zero attached hydrogens (tertiary/aromatic N) is 2. The van der Waals surface area contributed by atoms with Gasteiger partial charge in [0.2, 0.25) is 0 Å². The van der Waals surface area contributed by atoms with Crippen molar-refractivity contribution in [1.82, 2.24) is 4.90 Å². The van der Waals surface area contributed by atoms with E-state index in [2.05, 4.69) is 5.16 Å². The number of unbranched alkanes of at least 4 members (excludes halogenated alkanes) is 2. The fraction of sp³-hybridized carbons (Fsp3) is 0.308. The van der Waals surface area contributed by atoms with E-state index >= 15 is 0 Å². The Labute approximate surface area is 105 Å². The molecule has 1 heterocycles. The number of amides is 2. The van der Waals surface area contributed by atoms with Gasteiger partial charge in [-0.1, -0.05) is 12.1 Å². The lowest BCUT2D eigenvalue weighted by Gasteiger charge is -2.12. The van der Waals surface area contributed by atoms with E-state index in [1.807, 2.05) is 0 Å². The van der Waals surface area contributed by atoms with E-state index in [0.29, 0.717) is 30.5 Å². The van der Waals surface area contributed by atoms with Crippen molar-refractivity contribution in [2.24, 2.45) is 5.16 Å². The number of hydrogen-bond acceptors (Lipinski definition) is 4. The van der Waals surface area contributed by atoms with Crippen molar-refractivity contribution in [2.75, 3.05) is 6.54 Å². The summed E-state index contributed by atoms with van der Waals surface area (Å²) in [6.07, 6.45) is 3.52. The van der Waals surface area contributed by atoms with Gasteiger partial charge in [-0.25, -0.2) is 0 Å². The average Bonchev–Trinajstić information content (AvgIpc) is 2.64. The molecule has 0 aromatic heterocycles. The first kappa shape index (κ1) is 12.3. The topological polar surface area (TPSA) is 70.0 Å². The van der Waals surface area contributed by atoms with Crippen LogP contribution in [-0.4, -0.2) is 34.7 Å². The molecular formula is C13H14N2O3. The molecule has 0 bridgehead atoms. The molecule has 0 unspecified atom stereocenters. The lowest BCUT2D eigenvalue weighted by Crippen LogP contribution is -2.30. The third-order valence-electron chi connectivity index (χ3n) is 2.92. The maximum atomic E-state index is 12.0. The van der Waals surface area contributed by atoms with Crippen LogP contribution in [0.4, 0.5) is 0 Å². The minimum Gasteiger partial charge on any atom is -0.411 e. The molecule has 1 N–H and O–H groups in total. The molecule has 0 spiro atoms. The van der Waals surface area contributed by atoms with Gasteiger partial charge in [0.05, 0.1) is 11.1 Å². The molecule has 5 nitrogen and oxygen atoms in total. The van der Waals surface area contributed by atoms with Gasteiger partial charge in [0.1, 0.15) is 0 Å². The highest BCUT2D eigenvalue weighted by atomic mass is 16.4. The number of rotatable bonds is 5. The van der Waals surface area contributed by atoms with E-state index < -0.39 is 0 Å². The number of carbonyl (C=O) groups is 2. The maximum Gasteiger partial charge on any atom is 0.261 e. The second-order valence-corrected chi connectivity index (χ2v) is 4.10. The highest BCUT2D eigenvalue weighted by Crippen LogP contribution is 2.22. The quantitative estimate of drug-likeness (QED) is 0.283. The summed E-state index contributed by atoms with van der Waals surface area (Å²) in [6, 6.07) is 6.86. The fourth-order valence-electron chi connectivity index (χ4n) is 2.01. The molecule has 1 aromatic rings. The second kappa shape index (κ2) is 5.44. The Morgan fingerprint density at radius 2 is 1.72 bits per heavy atom. The Balaban J connectivity index is 1.96. The smallest absolute Gasteiger partial charge is 0.261 e. The third kappa shape index (κ3) is 2.25. The van der Waals surface area contributed by atoms with Gasteiger partial charge in [-0.15, -0.1) is 5.16 Å². The predicted octanol–water partition coefficient (Wildman–Crippen LogP) is 1.91. The summed E-state index contributed by atoms with van der Waals surface area (Å²) in [5.41, 5.74) is 0.971. The van der Waals surface area contributed by atoms with E-state index in [1.165, 1.54) is 11.1 Å². The number of carbonyl (C=O) groups excluding carboxylic acids is 2. The summed E-state index contributed by atoms with van der Waals surface area (Å²) >= 11 is 0. The van der Waals surface area contributed by atoms with Crippen LogP contribution in [0.3, 0.4) is 0 Å².